The van der Waals surface area contributed by atoms with Crippen molar-refractivity contribution in [1.82, 2.24) is 4.72 Å². The van der Waals surface area contributed by atoms with Crippen molar-refractivity contribution in [1.29, 1.82) is 0 Å². The first-order chi connectivity index (χ1) is 11.5. The Bertz CT molecular complexity index is 935. The molecule has 0 aliphatic heterocycles. The molecule has 2 aromatic carbocycles. The number of nitrogens with one attached hydrogen (secondary N) is 1. The standard InChI is InChI=1S/C17H16N2O4S/c18-8-3-9-19-24(22,23)11-6-7-14-15(10-11)17(21)13-5-2-1-4-12(13)16(14)20/h1-2,4-7,10,19H,3,8-9,18H2. The Morgan fingerprint density at radius 1 is 0.875 bits per heavy atom. The van der Waals surface area contributed by atoms with Gasteiger partial charge in [0.1, 0.15) is 0 Å². The predicted octanol–water partition coefficient (Wildman–Crippen LogP) is 1.09. The fourth-order valence-corrected chi connectivity index (χ4v) is 3.74. The van der Waals surface area contributed by atoms with Crippen molar-refractivity contribution in [3.8, 4) is 0 Å². The molecule has 0 aromatic heterocycles. The number of ketones is 2. The van der Waals surface area contributed by atoms with Gasteiger partial charge in [0.2, 0.25) is 10.0 Å². The molecule has 1 aliphatic rings. The largest absolute Gasteiger partial charge is 0.330 e. The third-order valence-electron chi connectivity index (χ3n) is 3.88. The van der Waals surface area contributed by atoms with Gasteiger partial charge in [-0.25, -0.2) is 13.1 Å². The molecule has 0 saturated heterocycles. The van der Waals surface area contributed by atoms with Crippen LogP contribution in [0.15, 0.2) is 47.4 Å². The minimum Gasteiger partial charge on any atom is -0.330 e. The number of benzene rings is 2. The summed E-state index contributed by atoms with van der Waals surface area (Å²) >= 11 is 0. The van der Waals surface area contributed by atoms with Gasteiger partial charge in [-0.15, -0.1) is 0 Å². The van der Waals surface area contributed by atoms with Gasteiger partial charge >= 0.3 is 0 Å². The van der Waals surface area contributed by atoms with E-state index >= 15 is 0 Å². The number of sulfonamides is 1. The Labute approximate surface area is 139 Å². The van der Waals surface area contributed by atoms with E-state index in [9.17, 15) is 18.0 Å². The molecule has 0 radical (unpaired) electrons. The van der Waals surface area contributed by atoms with Crippen LogP contribution in [-0.2, 0) is 10.0 Å². The first-order valence-corrected chi connectivity index (χ1v) is 8.96. The molecule has 6 nitrogen and oxygen atoms in total. The summed E-state index contributed by atoms with van der Waals surface area (Å²) in [6.07, 6.45) is 0.509. The van der Waals surface area contributed by atoms with E-state index in [1.165, 1.54) is 18.2 Å². The molecule has 3 rings (SSSR count). The molecule has 0 saturated carbocycles. The summed E-state index contributed by atoms with van der Waals surface area (Å²) in [6.45, 7) is 0.585. The van der Waals surface area contributed by atoms with Crippen molar-refractivity contribution in [2.75, 3.05) is 13.1 Å². The average molecular weight is 344 g/mol. The number of carbonyl (C=O) groups is 2. The van der Waals surface area contributed by atoms with Gasteiger partial charge in [-0.2, -0.15) is 0 Å². The molecule has 0 bridgehead atoms. The van der Waals surface area contributed by atoms with Gasteiger partial charge in [0.15, 0.2) is 11.6 Å². The maximum atomic E-state index is 12.6. The van der Waals surface area contributed by atoms with Crippen molar-refractivity contribution in [2.45, 2.75) is 11.3 Å². The molecule has 0 unspecified atom stereocenters. The van der Waals surface area contributed by atoms with E-state index in [-0.39, 0.29) is 34.1 Å². The van der Waals surface area contributed by atoms with Crippen molar-refractivity contribution >= 4 is 21.6 Å². The van der Waals surface area contributed by atoms with Crippen LogP contribution in [0.3, 0.4) is 0 Å². The second-order valence-corrected chi connectivity index (χ2v) is 7.22. The molecule has 1 aliphatic carbocycles. The van der Waals surface area contributed by atoms with Gasteiger partial charge in [-0.05, 0) is 31.2 Å². The first-order valence-electron chi connectivity index (χ1n) is 7.48. The summed E-state index contributed by atoms with van der Waals surface area (Å²) in [5.74, 6) is -0.626. The summed E-state index contributed by atoms with van der Waals surface area (Å²) in [5.41, 5.74) is 6.31. The molecule has 7 heteroatoms. The smallest absolute Gasteiger partial charge is 0.240 e. The lowest BCUT2D eigenvalue weighted by molar-refractivity contribution is 0.0979. The summed E-state index contributed by atoms with van der Waals surface area (Å²) < 4.78 is 27.0. The molecule has 124 valence electrons. The molecular formula is C17H16N2O4S. The van der Waals surface area contributed by atoms with E-state index in [0.29, 0.717) is 24.1 Å². The van der Waals surface area contributed by atoms with E-state index in [2.05, 4.69) is 4.72 Å². The Balaban J connectivity index is 2.03. The fourth-order valence-electron chi connectivity index (χ4n) is 2.64. The molecule has 0 spiro atoms. The highest BCUT2D eigenvalue weighted by Gasteiger charge is 2.30. The van der Waals surface area contributed by atoms with E-state index in [4.69, 9.17) is 5.73 Å². The highest BCUT2D eigenvalue weighted by atomic mass is 32.2. The molecule has 24 heavy (non-hydrogen) atoms. The zero-order valence-electron chi connectivity index (χ0n) is 12.8. The minimum absolute atomic E-state index is 0.0428. The number of hydrogen-bond donors (Lipinski definition) is 2. The Morgan fingerprint density at radius 2 is 1.46 bits per heavy atom. The van der Waals surface area contributed by atoms with Gasteiger partial charge in [-0.1, -0.05) is 24.3 Å². The molecule has 0 atom stereocenters. The molecular weight excluding hydrogens is 328 g/mol. The highest BCUT2D eigenvalue weighted by molar-refractivity contribution is 7.89. The monoisotopic (exact) mass is 344 g/mol. The maximum Gasteiger partial charge on any atom is 0.240 e. The van der Waals surface area contributed by atoms with Crippen LogP contribution in [0, 0.1) is 0 Å². The Hall–Kier alpha value is -2.35. The predicted molar refractivity (Wildman–Crippen MR) is 88.6 cm³/mol. The van der Waals surface area contributed by atoms with Gasteiger partial charge in [0.25, 0.3) is 0 Å². The van der Waals surface area contributed by atoms with Crippen LogP contribution in [0.4, 0.5) is 0 Å². The molecule has 0 heterocycles. The fraction of sp³-hybridized carbons (Fsp3) is 0.176. The molecule has 0 amide bonds. The van der Waals surface area contributed by atoms with E-state index < -0.39 is 10.0 Å². The zero-order valence-corrected chi connectivity index (χ0v) is 13.6. The van der Waals surface area contributed by atoms with Crippen LogP contribution in [0.2, 0.25) is 0 Å². The summed E-state index contributed by atoms with van der Waals surface area (Å²) in [7, 11) is -3.75. The number of hydrogen-bond acceptors (Lipinski definition) is 5. The molecule has 3 N–H and O–H groups in total. The van der Waals surface area contributed by atoms with Crippen molar-refractivity contribution < 1.29 is 18.0 Å². The van der Waals surface area contributed by atoms with Crippen LogP contribution in [0.5, 0.6) is 0 Å². The van der Waals surface area contributed by atoms with Gasteiger partial charge in [-0.3, -0.25) is 9.59 Å². The first kappa shape index (κ1) is 16.5. The number of rotatable bonds is 5. The van der Waals surface area contributed by atoms with Gasteiger partial charge in [0.05, 0.1) is 4.90 Å². The third-order valence-corrected chi connectivity index (χ3v) is 5.34. The van der Waals surface area contributed by atoms with Crippen molar-refractivity contribution in [2.24, 2.45) is 5.73 Å². The third kappa shape index (κ3) is 2.77. The van der Waals surface area contributed by atoms with Gasteiger partial charge in [0, 0.05) is 28.8 Å². The van der Waals surface area contributed by atoms with E-state index in [0.717, 1.165) is 0 Å². The number of nitrogens with two attached hydrogens (primary N) is 1. The molecule has 2 aromatic rings. The van der Waals surface area contributed by atoms with Crippen LogP contribution >= 0.6 is 0 Å². The SMILES string of the molecule is NCCCNS(=O)(=O)c1ccc2c(c1)C(=O)c1ccccc1C2=O. The Kier molecular flexibility index (Phi) is 4.31. The van der Waals surface area contributed by atoms with E-state index in [1.807, 2.05) is 0 Å². The summed E-state index contributed by atoms with van der Waals surface area (Å²) in [5, 5.41) is 0. The van der Waals surface area contributed by atoms with Crippen LogP contribution in [0.1, 0.15) is 38.3 Å². The van der Waals surface area contributed by atoms with E-state index in [1.54, 1.807) is 24.3 Å². The highest BCUT2D eigenvalue weighted by Crippen LogP contribution is 2.28. The second-order valence-electron chi connectivity index (χ2n) is 5.45. The Morgan fingerprint density at radius 3 is 2.08 bits per heavy atom. The molecule has 0 fully saturated rings. The van der Waals surface area contributed by atoms with Crippen LogP contribution in [-0.4, -0.2) is 33.1 Å². The van der Waals surface area contributed by atoms with Crippen molar-refractivity contribution in [3.05, 3.63) is 64.7 Å². The number of fused-ring (bicyclic) bond motifs is 2. The topological polar surface area (TPSA) is 106 Å². The quantitative estimate of drug-likeness (QED) is 0.674. The zero-order chi connectivity index (χ0) is 17.3. The lowest BCUT2D eigenvalue weighted by Crippen LogP contribution is -2.27. The van der Waals surface area contributed by atoms with Crippen LogP contribution in [0.25, 0.3) is 0 Å². The maximum absolute atomic E-state index is 12.6. The number of carbonyl (C=O) groups excluding carboxylic acids is 2. The summed E-state index contributed by atoms with van der Waals surface area (Å²) in [6, 6.07) is 10.5. The minimum atomic E-state index is -3.75. The summed E-state index contributed by atoms with van der Waals surface area (Å²) in [4.78, 5) is 25.1. The van der Waals surface area contributed by atoms with Gasteiger partial charge < -0.3 is 5.73 Å². The average Bonchev–Trinajstić information content (AvgIpc) is 2.59. The lowest BCUT2D eigenvalue weighted by Gasteiger charge is -2.18. The van der Waals surface area contributed by atoms with Crippen molar-refractivity contribution in [3.63, 3.8) is 0 Å². The normalized spacial score (nSPS) is 13.5. The lowest BCUT2D eigenvalue weighted by atomic mass is 9.84. The second kappa shape index (κ2) is 6.27. The van der Waals surface area contributed by atoms with Crippen LogP contribution < -0.4 is 10.5 Å².